The number of nitrogens with zero attached hydrogens (tertiary/aromatic N) is 2. The number of β-amino-alcohol motifs (C(OH)–C–C–N with tert-alkyl or cyclic N) is 1. The third-order valence-electron chi connectivity index (χ3n) is 5.32. The molecule has 0 spiro atoms. The Morgan fingerprint density at radius 3 is 2.24 bits per heavy atom. The van der Waals surface area contributed by atoms with Crippen molar-refractivity contribution in [2.24, 2.45) is 0 Å². The zero-order valence-electron chi connectivity index (χ0n) is 17.7. The normalized spacial score (nSPS) is 16.2. The number of ether oxygens (including phenoxy) is 2. The van der Waals surface area contributed by atoms with Crippen molar-refractivity contribution in [2.75, 3.05) is 57.4 Å². The molecule has 0 amide bonds. The molecule has 29 heavy (non-hydrogen) atoms. The van der Waals surface area contributed by atoms with E-state index in [1.165, 1.54) is 11.3 Å². The first kappa shape index (κ1) is 21.6. The van der Waals surface area contributed by atoms with Gasteiger partial charge in [0.25, 0.3) is 0 Å². The third-order valence-corrected chi connectivity index (χ3v) is 5.32. The number of hydrogen-bond acceptors (Lipinski definition) is 5. The Kier molecular flexibility index (Phi) is 8.35. The number of aliphatic hydroxyl groups is 1. The van der Waals surface area contributed by atoms with Crippen molar-refractivity contribution in [1.29, 1.82) is 0 Å². The molecule has 1 unspecified atom stereocenters. The molecule has 3 rings (SSSR count). The first-order valence-electron chi connectivity index (χ1n) is 10.6. The Hall–Kier alpha value is -2.08. The number of benzene rings is 2. The third kappa shape index (κ3) is 7.03. The summed E-state index contributed by atoms with van der Waals surface area (Å²) < 4.78 is 11.3. The predicted octanol–water partition coefficient (Wildman–Crippen LogP) is 3.39. The minimum Gasteiger partial charge on any atom is -0.491 e. The molecule has 0 radical (unpaired) electrons. The first-order chi connectivity index (χ1) is 14.1. The molecule has 1 heterocycles. The number of anilines is 1. The highest BCUT2D eigenvalue weighted by Crippen LogP contribution is 2.18. The van der Waals surface area contributed by atoms with Gasteiger partial charge in [0.15, 0.2) is 0 Å². The second-order valence-corrected chi connectivity index (χ2v) is 7.92. The van der Waals surface area contributed by atoms with Crippen molar-refractivity contribution in [3.63, 3.8) is 0 Å². The molecule has 2 aromatic rings. The minimum absolute atomic E-state index is 0.342. The van der Waals surface area contributed by atoms with E-state index in [4.69, 9.17) is 9.47 Å². The summed E-state index contributed by atoms with van der Waals surface area (Å²) in [6.45, 7) is 10.2. The van der Waals surface area contributed by atoms with Crippen LogP contribution >= 0.6 is 0 Å². The Morgan fingerprint density at radius 2 is 1.59 bits per heavy atom. The van der Waals surface area contributed by atoms with Crippen molar-refractivity contribution in [1.82, 2.24) is 4.90 Å². The number of rotatable bonds is 10. The number of para-hydroxylation sites is 1. The summed E-state index contributed by atoms with van der Waals surface area (Å²) in [5.74, 6) is 1.38. The fourth-order valence-corrected chi connectivity index (χ4v) is 3.56. The van der Waals surface area contributed by atoms with E-state index in [-0.39, 0.29) is 0 Å². The van der Waals surface area contributed by atoms with Crippen LogP contribution < -0.4 is 9.64 Å². The van der Waals surface area contributed by atoms with E-state index in [1.54, 1.807) is 0 Å². The van der Waals surface area contributed by atoms with Crippen molar-refractivity contribution in [3.05, 3.63) is 60.2 Å². The molecule has 5 nitrogen and oxygen atoms in total. The first-order valence-corrected chi connectivity index (χ1v) is 10.6. The monoisotopic (exact) mass is 398 g/mol. The quantitative estimate of drug-likeness (QED) is 0.622. The molecule has 1 saturated heterocycles. The molecule has 1 aliphatic rings. The van der Waals surface area contributed by atoms with E-state index >= 15 is 0 Å². The fraction of sp³-hybridized carbons (Fsp3) is 0.500. The smallest absolute Gasteiger partial charge is 0.119 e. The summed E-state index contributed by atoms with van der Waals surface area (Å²) in [5.41, 5.74) is 2.58. The SMILES string of the molecule is CC(C)c1ccc(OCCOCC(O)CN2CCN(c3ccccc3)CC2)cc1. The summed E-state index contributed by atoms with van der Waals surface area (Å²) >= 11 is 0. The molecule has 5 heteroatoms. The topological polar surface area (TPSA) is 45.2 Å². The van der Waals surface area contributed by atoms with E-state index in [1.807, 2.05) is 18.2 Å². The highest BCUT2D eigenvalue weighted by molar-refractivity contribution is 5.46. The van der Waals surface area contributed by atoms with Crippen LogP contribution in [-0.2, 0) is 4.74 Å². The molecular weight excluding hydrogens is 364 g/mol. The predicted molar refractivity (Wildman–Crippen MR) is 118 cm³/mol. The lowest BCUT2D eigenvalue weighted by Gasteiger charge is -2.36. The van der Waals surface area contributed by atoms with Crippen molar-refractivity contribution < 1.29 is 14.6 Å². The van der Waals surface area contributed by atoms with Gasteiger partial charge in [-0.1, -0.05) is 44.2 Å². The Labute approximate surface area is 174 Å². The van der Waals surface area contributed by atoms with Crippen molar-refractivity contribution >= 4 is 5.69 Å². The van der Waals surface area contributed by atoms with Crippen LogP contribution in [0.2, 0.25) is 0 Å². The summed E-state index contributed by atoms with van der Waals surface area (Å²) in [5, 5.41) is 10.3. The van der Waals surface area contributed by atoms with Gasteiger partial charge in [-0.3, -0.25) is 4.90 Å². The van der Waals surface area contributed by atoms with Crippen LogP contribution in [0.5, 0.6) is 5.75 Å². The van der Waals surface area contributed by atoms with Gasteiger partial charge in [-0.25, -0.2) is 0 Å². The molecule has 0 aromatic heterocycles. The summed E-state index contributed by atoms with van der Waals surface area (Å²) in [6.07, 6.45) is -0.469. The van der Waals surface area contributed by atoms with E-state index in [9.17, 15) is 5.11 Å². The average Bonchev–Trinajstić information content (AvgIpc) is 2.75. The average molecular weight is 399 g/mol. The maximum Gasteiger partial charge on any atom is 0.119 e. The van der Waals surface area contributed by atoms with Gasteiger partial charge >= 0.3 is 0 Å². The second-order valence-electron chi connectivity index (χ2n) is 7.92. The molecule has 0 aliphatic carbocycles. The van der Waals surface area contributed by atoms with E-state index in [0.717, 1.165) is 31.9 Å². The fourth-order valence-electron chi connectivity index (χ4n) is 3.56. The van der Waals surface area contributed by atoms with Crippen LogP contribution in [0.15, 0.2) is 54.6 Å². The molecule has 1 N–H and O–H groups in total. The van der Waals surface area contributed by atoms with E-state index in [0.29, 0.717) is 32.3 Å². The number of hydrogen-bond donors (Lipinski definition) is 1. The number of aliphatic hydroxyl groups excluding tert-OH is 1. The van der Waals surface area contributed by atoms with Crippen molar-refractivity contribution in [2.45, 2.75) is 25.9 Å². The van der Waals surface area contributed by atoms with Gasteiger partial charge in [0.05, 0.1) is 19.3 Å². The molecule has 2 aromatic carbocycles. The van der Waals surface area contributed by atoms with Gasteiger partial charge in [-0.05, 0) is 35.7 Å². The zero-order chi connectivity index (χ0) is 20.5. The maximum absolute atomic E-state index is 10.3. The molecule has 0 saturated carbocycles. The van der Waals surface area contributed by atoms with Crippen LogP contribution in [0.3, 0.4) is 0 Å². The van der Waals surface area contributed by atoms with Gasteiger partial charge < -0.3 is 19.5 Å². The molecule has 1 aliphatic heterocycles. The van der Waals surface area contributed by atoms with Crippen LogP contribution in [-0.4, -0.2) is 68.7 Å². The van der Waals surface area contributed by atoms with Crippen LogP contribution in [0, 0.1) is 0 Å². The summed E-state index contributed by atoms with van der Waals surface area (Å²) in [4.78, 5) is 4.70. The van der Waals surface area contributed by atoms with Gasteiger partial charge in [-0.15, -0.1) is 0 Å². The van der Waals surface area contributed by atoms with E-state index < -0.39 is 6.10 Å². The molecule has 1 atom stereocenters. The van der Waals surface area contributed by atoms with Crippen LogP contribution in [0.4, 0.5) is 5.69 Å². The molecule has 0 bridgehead atoms. The highest BCUT2D eigenvalue weighted by atomic mass is 16.5. The van der Waals surface area contributed by atoms with Crippen molar-refractivity contribution in [3.8, 4) is 5.75 Å². The lowest BCUT2D eigenvalue weighted by molar-refractivity contribution is 0.00718. The van der Waals surface area contributed by atoms with Gasteiger partial charge in [0.1, 0.15) is 12.4 Å². The second kappa shape index (κ2) is 11.2. The summed E-state index contributed by atoms with van der Waals surface area (Å²) in [6, 6.07) is 18.7. The van der Waals surface area contributed by atoms with E-state index in [2.05, 4.69) is 60.0 Å². The maximum atomic E-state index is 10.3. The highest BCUT2D eigenvalue weighted by Gasteiger charge is 2.19. The Morgan fingerprint density at radius 1 is 0.897 bits per heavy atom. The Balaban J connectivity index is 1.26. The van der Waals surface area contributed by atoms with Gasteiger partial charge in [-0.2, -0.15) is 0 Å². The molecular formula is C24H34N2O3. The minimum atomic E-state index is -0.469. The zero-order valence-corrected chi connectivity index (χ0v) is 17.7. The molecule has 1 fully saturated rings. The van der Waals surface area contributed by atoms with Crippen LogP contribution in [0.1, 0.15) is 25.3 Å². The lowest BCUT2D eigenvalue weighted by atomic mass is 10.0. The standard InChI is InChI=1S/C24H34N2O3/c1-20(2)21-8-10-24(11-9-21)29-17-16-28-19-23(27)18-25-12-14-26(15-13-25)22-6-4-3-5-7-22/h3-11,20,23,27H,12-19H2,1-2H3. The number of piperazine rings is 1. The van der Waals surface area contributed by atoms with Crippen LogP contribution in [0.25, 0.3) is 0 Å². The van der Waals surface area contributed by atoms with Gasteiger partial charge in [0.2, 0.25) is 0 Å². The largest absolute Gasteiger partial charge is 0.491 e. The summed E-state index contributed by atoms with van der Waals surface area (Å²) in [7, 11) is 0. The van der Waals surface area contributed by atoms with Gasteiger partial charge in [0, 0.05) is 38.4 Å². The Bertz CT molecular complexity index is 698. The lowest BCUT2D eigenvalue weighted by Crippen LogP contribution is -2.49. The molecule has 158 valence electrons.